The summed E-state index contributed by atoms with van der Waals surface area (Å²) in [6.07, 6.45) is 9.23. The predicted molar refractivity (Wildman–Crippen MR) is 135 cm³/mol. The van der Waals surface area contributed by atoms with Crippen molar-refractivity contribution >= 4 is 32.6 Å². The summed E-state index contributed by atoms with van der Waals surface area (Å²) >= 11 is 0. The molecular formula is C28H30N2O2S. The Morgan fingerprint density at radius 3 is 2.52 bits per heavy atom. The molecule has 0 saturated carbocycles. The van der Waals surface area contributed by atoms with Crippen molar-refractivity contribution in [1.82, 2.24) is 4.90 Å². The first-order chi connectivity index (χ1) is 16.1. The lowest BCUT2D eigenvalue weighted by Gasteiger charge is -2.33. The molecule has 170 valence electrons. The Bertz CT molecular complexity index is 1320. The van der Waals surface area contributed by atoms with Crippen molar-refractivity contribution in [2.24, 2.45) is 5.92 Å². The lowest BCUT2D eigenvalue weighted by molar-refractivity contribution is 0.176. The summed E-state index contributed by atoms with van der Waals surface area (Å²) in [4.78, 5) is 2.98. The Morgan fingerprint density at radius 1 is 0.879 bits per heavy atom. The molecule has 1 aliphatic carbocycles. The minimum atomic E-state index is -3.44. The largest absolute Gasteiger partial charge is 0.303 e. The third-order valence-electron chi connectivity index (χ3n) is 7.71. The second-order valence-electron chi connectivity index (χ2n) is 9.68. The van der Waals surface area contributed by atoms with E-state index in [1.165, 1.54) is 30.4 Å². The highest BCUT2D eigenvalue weighted by molar-refractivity contribution is 7.93. The van der Waals surface area contributed by atoms with Gasteiger partial charge in [0.15, 0.2) is 0 Å². The monoisotopic (exact) mass is 458 g/mol. The van der Waals surface area contributed by atoms with Crippen molar-refractivity contribution < 1.29 is 8.42 Å². The lowest BCUT2D eigenvalue weighted by atomic mass is 9.85. The summed E-state index contributed by atoms with van der Waals surface area (Å²) in [7, 11) is -3.44. The van der Waals surface area contributed by atoms with Crippen LogP contribution in [-0.2, 0) is 10.0 Å². The van der Waals surface area contributed by atoms with Crippen molar-refractivity contribution in [1.29, 1.82) is 0 Å². The van der Waals surface area contributed by atoms with Gasteiger partial charge in [-0.25, -0.2) is 8.42 Å². The predicted octanol–water partition coefficient (Wildman–Crippen LogP) is 5.65. The quantitative estimate of drug-likeness (QED) is 0.479. The molecular weight excluding hydrogens is 428 g/mol. The summed E-state index contributed by atoms with van der Waals surface area (Å²) in [5.41, 5.74) is 3.71. The van der Waals surface area contributed by atoms with Crippen molar-refractivity contribution in [2.75, 3.05) is 30.5 Å². The van der Waals surface area contributed by atoms with Crippen LogP contribution in [0, 0.1) is 5.92 Å². The van der Waals surface area contributed by atoms with Gasteiger partial charge in [0.25, 0.3) is 10.0 Å². The molecule has 2 heterocycles. The highest BCUT2D eigenvalue weighted by Crippen LogP contribution is 2.42. The van der Waals surface area contributed by atoms with Gasteiger partial charge in [-0.1, -0.05) is 60.7 Å². The van der Waals surface area contributed by atoms with E-state index in [1.807, 2.05) is 30.3 Å². The standard InChI is InChI=1S/C28H30N2O2S/c31-33(32)27-11-4-8-23-7-3-10-26(28(23)27)30(33)17-5-16-29-18-14-21(15-19-29)20-24-13-12-22-6-1-2-9-25(22)24/h1-4,6-13,21,24H,5,14-20H2. The molecule has 1 saturated heterocycles. The number of rotatable bonds is 6. The zero-order valence-electron chi connectivity index (χ0n) is 18.9. The smallest absolute Gasteiger partial charge is 0.265 e. The Kier molecular flexibility index (Phi) is 5.27. The van der Waals surface area contributed by atoms with Crippen LogP contribution < -0.4 is 4.31 Å². The summed E-state index contributed by atoms with van der Waals surface area (Å²) in [5, 5.41) is 1.88. The second kappa shape index (κ2) is 8.30. The number of likely N-dealkylation sites (tertiary alicyclic amines) is 1. The van der Waals surface area contributed by atoms with Crippen LogP contribution >= 0.6 is 0 Å². The molecule has 0 N–H and O–H groups in total. The maximum atomic E-state index is 13.1. The van der Waals surface area contributed by atoms with Gasteiger partial charge < -0.3 is 4.90 Å². The zero-order valence-corrected chi connectivity index (χ0v) is 19.7. The average molecular weight is 459 g/mol. The molecule has 5 heteroatoms. The number of benzene rings is 3. The highest BCUT2D eigenvalue weighted by Gasteiger charge is 2.35. The first-order valence-electron chi connectivity index (χ1n) is 12.2. The van der Waals surface area contributed by atoms with Crippen LogP contribution in [0.15, 0.2) is 71.6 Å². The molecule has 0 radical (unpaired) electrons. The van der Waals surface area contributed by atoms with E-state index < -0.39 is 10.0 Å². The minimum Gasteiger partial charge on any atom is -0.303 e. The van der Waals surface area contributed by atoms with E-state index in [-0.39, 0.29) is 0 Å². The van der Waals surface area contributed by atoms with Gasteiger partial charge in [0.05, 0.1) is 10.6 Å². The first-order valence-corrected chi connectivity index (χ1v) is 13.6. The van der Waals surface area contributed by atoms with E-state index in [4.69, 9.17) is 0 Å². The SMILES string of the molecule is O=S1(=O)c2cccc3cccc(c23)N1CCCN1CCC(CC2C=Cc3ccccc32)CC1. The molecule has 2 aliphatic heterocycles. The Balaban J connectivity index is 1.03. The van der Waals surface area contributed by atoms with Crippen LogP contribution in [0.3, 0.4) is 0 Å². The molecule has 33 heavy (non-hydrogen) atoms. The third-order valence-corrected chi connectivity index (χ3v) is 9.57. The molecule has 3 aromatic carbocycles. The maximum absolute atomic E-state index is 13.1. The number of allylic oxidation sites excluding steroid dienone is 1. The number of hydrogen-bond donors (Lipinski definition) is 0. The van der Waals surface area contributed by atoms with Crippen LogP contribution in [0.1, 0.15) is 42.7 Å². The van der Waals surface area contributed by atoms with E-state index in [1.54, 1.807) is 10.4 Å². The van der Waals surface area contributed by atoms with E-state index in [2.05, 4.69) is 41.3 Å². The number of sulfonamides is 1. The lowest BCUT2D eigenvalue weighted by Crippen LogP contribution is -2.37. The van der Waals surface area contributed by atoms with Crippen molar-refractivity contribution in [3.8, 4) is 0 Å². The van der Waals surface area contributed by atoms with Gasteiger partial charge in [0, 0.05) is 17.8 Å². The van der Waals surface area contributed by atoms with Crippen molar-refractivity contribution in [3.63, 3.8) is 0 Å². The second-order valence-corrected chi connectivity index (χ2v) is 11.5. The Hall–Kier alpha value is -2.63. The molecule has 0 bridgehead atoms. The molecule has 3 aromatic rings. The summed E-state index contributed by atoms with van der Waals surface area (Å²) in [6.45, 7) is 3.73. The molecule has 1 unspecified atom stereocenters. The average Bonchev–Trinajstić information content (AvgIpc) is 3.34. The number of piperidine rings is 1. The van der Waals surface area contributed by atoms with E-state index in [9.17, 15) is 8.42 Å². The minimum absolute atomic E-state index is 0.457. The van der Waals surface area contributed by atoms with Crippen LogP contribution in [0.25, 0.3) is 16.8 Å². The normalized spacial score (nSPS) is 21.7. The topological polar surface area (TPSA) is 40.6 Å². The molecule has 1 fully saturated rings. The first kappa shape index (κ1) is 20.9. The fraction of sp³-hybridized carbons (Fsp3) is 0.357. The fourth-order valence-corrected chi connectivity index (χ4v) is 7.72. The molecule has 0 spiro atoms. The van der Waals surface area contributed by atoms with E-state index in [0.29, 0.717) is 17.4 Å². The van der Waals surface area contributed by atoms with Gasteiger partial charge in [0.1, 0.15) is 0 Å². The zero-order chi connectivity index (χ0) is 22.4. The number of anilines is 1. The number of fused-ring (bicyclic) bond motifs is 1. The molecule has 3 aliphatic rings. The number of nitrogens with zero attached hydrogens (tertiary/aromatic N) is 2. The molecule has 0 amide bonds. The van der Waals surface area contributed by atoms with Gasteiger partial charge in [-0.3, -0.25) is 4.31 Å². The Labute approximate surface area is 196 Å². The summed E-state index contributed by atoms with van der Waals surface area (Å²) in [5.74, 6) is 1.34. The molecule has 6 rings (SSSR count). The van der Waals surface area contributed by atoms with Crippen molar-refractivity contribution in [2.45, 2.75) is 36.5 Å². The van der Waals surface area contributed by atoms with Crippen LogP contribution in [0.5, 0.6) is 0 Å². The van der Waals surface area contributed by atoms with E-state index >= 15 is 0 Å². The molecule has 1 atom stereocenters. The number of hydrogen-bond acceptors (Lipinski definition) is 3. The van der Waals surface area contributed by atoms with Crippen LogP contribution in [0.4, 0.5) is 5.69 Å². The van der Waals surface area contributed by atoms with Gasteiger partial charge in [-0.2, -0.15) is 0 Å². The van der Waals surface area contributed by atoms with Crippen LogP contribution in [0.2, 0.25) is 0 Å². The summed E-state index contributed by atoms with van der Waals surface area (Å²) < 4.78 is 27.9. The molecule has 4 nitrogen and oxygen atoms in total. The Morgan fingerprint density at radius 2 is 1.67 bits per heavy atom. The van der Waals surface area contributed by atoms with Gasteiger partial charge in [-0.05, 0) is 79.9 Å². The van der Waals surface area contributed by atoms with Crippen LogP contribution in [-0.4, -0.2) is 39.5 Å². The summed E-state index contributed by atoms with van der Waals surface area (Å²) in [6, 6.07) is 20.2. The highest BCUT2D eigenvalue weighted by atomic mass is 32.2. The van der Waals surface area contributed by atoms with E-state index in [0.717, 1.165) is 48.4 Å². The molecule has 0 aromatic heterocycles. The maximum Gasteiger partial charge on any atom is 0.265 e. The fourth-order valence-electron chi connectivity index (χ4n) is 5.97. The van der Waals surface area contributed by atoms with Gasteiger partial charge >= 0.3 is 0 Å². The van der Waals surface area contributed by atoms with Gasteiger partial charge in [-0.15, -0.1) is 0 Å². The van der Waals surface area contributed by atoms with Crippen molar-refractivity contribution in [3.05, 3.63) is 77.9 Å². The van der Waals surface area contributed by atoms with Gasteiger partial charge in [0.2, 0.25) is 0 Å². The third kappa shape index (κ3) is 3.68.